The summed E-state index contributed by atoms with van der Waals surface area (Å²) in [6.45, 7) is 0. The van der Waals surface area contributed by atoms with Gasteiger partial charge in [0.1, 0.15) is 11.3 Å². The molecule has 0 aliphatic rings. The maximum Gasteiger partial charge on any atom is 0.156 e. The average molecular weight is 296 g/mol. The minimum atomic E-state index is 0.411. The van der Waals surface area contributed by atoms with Crippen molar-refractivity contribution >= 4 is 39.2 Å². The molecule has 4 rings (SSSR count). The topological polar surface area (TPSA) is 64.9 Å². The van der Waals surface area contributed by atoms with Crippen molar-refractivity contribution in [2.24, 2.45) is 0 Å². The van der Waals surface area contributed by atoms with Gasteiger partial charge in [0.25, 0.3) is 0 Å². The predicted octanol–water partition coefficient (Wildman–Crippen LogP) is 4.28. The summed E-state index contributed by atoms with van der Waals surface area (Å²) in [4.78, 5) is 0. The number of fused-ring (bicyclic) bond motifs is 2. The van der Waals surface area contributed by atoms with Gasteiger partial charge in [0.2, 0.25) is 0 Å². The van der Waals surface area contributed by atoms with E-state index in [1.807, 2.05) is 42.5 Å². The van der Waals surface area contributed by atoms with Gasteiger partial charge in [0.05, 0.1) is 0 Å². The van der Waals surface area contributed by atoms with Crippen LogP contribution in [0.25, 0.3) is 33.2 Å². The van der Waals surface area contributed by atoms with E-state index in [1.165, 1.54) is 0 Å². The van der Waals surface area contributed by atoms with E-state index in [-0.39, 0.29) is 0 Å². The quantitative estimate of drug-likeness (QED) is 0.569. The maximum absolute atomic E-state index is 6.00. The molecule has 0 spiro atoms. The largest absolute Gasteiger partial charge is 0.454 e. The lowest BCUT2D eigenvalue weighted by atomic mass is 10.1. The first kappa shape index (κ1) is 12.2. The van der Waals surface area contributed by atoms with Gasteiger partial charge in [-0.2, -0.15) is 0 Å². The summed E-state index contributed by atoms with van der Waals surface area (Å²) in [5, 5.41) is 11.6. The lowest BCUT2D eigenvalue weighted by Crippen LogP contribution is -1.96. The summed E-state index contributed by atoms with van der Waals surface area (Å²) in [5.41, 5.74) is 7.31. The molecule has 0 saturated heterocycles. The molecule has 2 aromatic carbocycles. The van der Waals surface area contributed by atoms with Gasteiger partial charge < -0.3 is 10.2 Å². The highest BCUT2D eigenvalue weighted by atomic mass is 35.5. The average Bonchev–Trinajstić information content (AvgIpc) is 2.90. The molecule has 0 radical (unpaired) electrons. The van der Waals surface area contributed by atoms with Gasteiger partial charge in [-0.3, -0.25) is 0 Å². The molecule has 0 aliphatic heterocycles. The number of hydrogen-bond acceptors (Lipinski definition) is 4. The van der Waals surface area contributed by atoms with E-state index in [0.29, 0.717) is 22.3 Å². The highest BCUT2D eigenvalue weighted by molar-refractivity contribution is 6.31. The van der Waals surface area contributed by atoms with Crippen LogP contribution in [0.3, 0.4) is 0 Å². The van der Waals surface area contributed by atoms with Crippen molar-refractivity contribution in [3.05, 3.63) is 53.6 Å². The summed E-state index contributed by atoms with van der Waals surface area (Å²) in [5.74, 6) is 1.06. The Morgan fingerprint density at radius 2 is 1.76 bits per heavy atom. The van der Waals surface area contributed by atoms with Gasteiger partial charge in [-0.15, -0.1) is 10.2 Å². The zero-order valence-electron chi connectivity index (χ0n) is 10.9. The minimum Gasteiger partial charge on any atom is -0.454 e. The number of rotatable bonds is 1. The Hall–Kier alpha value is -2.59. The molecule has 21 heavy (non-hydrogen) atoms. The van der Waals surface area contributed by atoms with Gasteiger partial charge in [-0.25, -0.2) is 0 Å². The molecular weight excluding hydrogens is 286 g/mol. The van der Waals surface area contributed by atoms with Crippen molar-refractivity contribution in [2.75, 3.05) is 5.73 Å². The Morgan fingerprint density at radius 3 is 2.62 bits per heavy atom. The standard InChI is InChI=1S/C16H10ClN3O/c17-10-5-6-13-9(7-10)8-14(21-13)15-11-3-1-2-4-12(11)16(18)20-19-15/h1-8H,(H2,18,20). The Morgan fingerprint density at radius 1 is 0.952 bits per heavy atom. The van der Waals surface area contributed by atoms with Crippen LogP contribution in [0, 0.1) is 0 Å². The molecule has 2 N–H and O–H groups in total. The van der Waals surface area contributed by atoms with Crippen molar-refractivity contribution in [3.63, 3.8) is 0 Å². The molecule has 5 heteroatoms. The zero-order chi connectivity index (χ0) is 14.4. The summed E-state index contributed by atoms with van der Waals surface area (Å²) < 4.78 is 5.86. The number of nitrogens with zero attached hydrogens (tertiary/aromatic N) is 2. The molecule has 4 aromatic rings. The van der Waals surface area contributed by atoms with Crippen LogP contribution in [0.4, 0.5) is 5.82 Å². The number of aromatic nitrogens is 2. The number of nitrogen functional groups attached to an aromatic ring is 1. The SMILES string of the molecule is Nc1nnc(-c2cc3cc(Cl)ccc3o2)c2ccccc12. The number of furan rings is 1. The van der Waals surface area contributed by atoms with Gasteiger partial charge in [-0.05, 0) is 24.3 Å². The number of halogens is 1. The fourth-order valence-electron chi connectivity index (χ4n) is 2.44. The summed E-state index contributed by atoms with van der Waals surface area (Å²) >= 11 is 6.00. The number of benzene rings is 2. The molecule has 0 bridgehead atoms. The van der Waals surface area contributed by atoms with Gasteiger partial charge in [-0.1, -0.05) is 35.9 Å². The normalized spacial score (nSPS) is 11.3. The van der Waals surface area contributed by atoms with E-state index in [9.17, 15) is 0 Å². The van der Waals surface area contributed by atoms with Crippen molar-refractivity contribution in [2.45, 2.75) is 0 Å². The van der Waals surface area contributed by atoms with E-state index < -0.39 is 0 Å². The first-order valence-corrected chi connectivity index (χ1v) is 6.80. The van der Waals surface area contributed by atoms with Gasteiger partial charge >= 0.3 is 0 Å². The first-order chi connectivity index (χ1) is 10.2. The summed E-state index contributed by atoms with van der Waals surface area (Å²) in [6, 6.07) is 15.1. The Bertz CT molecular complexity index is 978. The third kappa shape index (κ3) is 1.92. The number of anilines is 1. The van der Waals surface area contributed by atoms with Crippen LogP contribution >= 0.6 is 11.6 Å². The lowest BCUT2D eigenvalue weighted by molar-refractivity contribution is 0.628. The number of hydrogen-bond donors (Lipinski definition) is 1. The molecular formula is C16H10ClN3O. The van der Waals surface area contributed by atoms with Gasteiger partial charge in [0.15, 0.2) is 11.6 Å². The second-order valence-corrected chi connectivity index (χ2v) is 5.21. The van der Waals surface area contributed by atoms with E-state index >= 15 is 0 Å². The van der Waals surface area contributed by atoms with E-state index in [1.54, 1.807) is 6.07 Å². The van der Waals surface area contributed by atoms with E-state index in [0.717, 1.165) is 21.7 Å². The Kier molecular flexibility index (Phi) is 2.59. The monoisotopic (exact) mass is 295 g/mol. The van der Waals surface area contributed by atoms with Crippen LogP contribution < -0.4 is 5.73 Å². The van der Waals surface area contributed by atoms with Crippen molar-refractivity contribution < 1.29 is 4.42 Å². The second kappa shape index (κ2) is 4.46. The molecule has 0 unspecified atom stereocenters. The van der Waals surface area contributed by atoms with Crippen LogP contribution in [0.1, 0.15) is 0 Å². The molecule has 0 amide bonds. The molecule has 2 heterocycles. The fraction of sp³-hybridized carbons (Fsp3) is 0. The summed E-state index contributed by atoms with van der Waals surface area (Å²) in [7, 11) is 0. The van der Waals surface area contributed by atoms with Crippen LogP contribution in [0.2, 0.25) is 5.02 Å². The zero-order valence-corrected chi connectivity index (χ0v) is 11.6. The smallest absolute Gasteiger partial charge is 0.156 e. The highest BCUT2D eigenvalue weighted by Crippen LogP contribution is 2.33. The van der Waals surface area contributed by atoms with Crippen molar-refractivity contribution in [1.82, 2.24) is 10.2 Å². The molecule has 0 aliphatic carbocycles. The number of nitrogens with two attached hydrogens (primary N) is 1. The van der Waals surface area contributed by atoms with E-state index in [4.69, 9.17) is 21.8 Å². The van der Waals surface area contributed by atoms with Gasteiger partial charge in [0, 0.05) is 21.2 Å². The molecule has 4 nitrogen and oxygen atoms in total. The molecule has 102 valence electrons. The van der Waals surface area contributed by atoms with Crippen LogP contribution in [0.15, 0.2) is 52.9 Å². The Labute approximate surface area is 125 Å². The highest BCUT2D eigenvalue weighted by Gasteiger charge is 2.13. The van der Waals surface area contributed by atoms with Crippen LogP contribution in [-0.2, 0) is 0 Å². The van der Waals surface area contributed by atoms with E-state index in [2.05, 4.69) is 10.2 Å². The molecule has 0 fully saturated rings. The third-order valence-corrected chi connectivity index (χ3v) is 3.66. The molecule has 0 saturated carbocycles. The lowest BCUT2D eigenvalue weighted by Gasteiger charge is -2.03. The first-order valence-electron chi connectivity index (χ1n) is 6.43. The molecule has 2 aromatic heterocycles. The maximum atomic E-state index is 6.00. The van der Waals surface area contributed by atoms with Crippen molar-refractivity contribution in [1.29, 1.82) is 0 Å². The Balaban J connectivity index is 2.02. The second-order valence-electron chi connectivity index (χ2n) is 4.77. The van der Waals surface area contributed by atoms with Crippen molar-refractivity contribution in [3.8, 4) is 11.5 Å². The van der Waals surface area contributed by atoms with Crippen LogP contribution in [-0.4, -0.2) is 10.2 Å². The summed E-state index contributed by atoms with van der Waals surface area (Å²) in [6.07, 6.45) is 0. The minimum absolute atomic E-state index is 0.411. The van der Waals surface area contributed by atoms with Crippen LogP contribution in [0.5, 0.6) is 0 Å². The predicted molar refractivity (Wildman–Crippen MR) is 84.2 cm³/mol. The third-order valence-electron chi connectivity index (χ3n) is 3.43. The molecule has 0 atom stereocenters. The fourth-order valence-corrected chi connectivity index (χ4v) is 2.62.